The number of carbonyl (C=O) groups excluding carboxylic acids is 1. The van der Waals surface area contributed by atoms with Crippen molar-refractivity contribution in [2.24, 2.45) is 0 Å². The van der Waals surface area contributed by atoms with Gasteiger partial charge in [0.25, 0.3) is 0 Å². The number of hydrogen-bond donors (Lipinski definition) is 0. The van der Waals surface area contributed by atoms with Gasteiger partial charge < -0.3 is 0 Å². The summed E-state index contributed by atoms with van der Waals surface area (Å²) in [5.74, 6) is -0.386. The van der Waals surface area contributed by atoms with Crippen molar-refractivity contribution >= 4 is 44.5 Å². The fraction of sp³-hybridized carbons (Fsp3) is 0. The van der Waals surface area contributed by atoms with Crippen molar-refractivity contribution in [3.05, 3.63) is 60.3 Å². The second kappa shape index (κ2) is 5.72. The summed E-state index contributed by atoms with van der Waals surface area (Å²) in [5, 5.41) is 23.9. The zero-order valence-corrected chi connectivity index (χ0v) is 11.3. The first-order chi connectivity index (χ1) is 9.47. The van der Waals surface area contributed by atoms with Gasteiger partial charge >= 0.3 is 10.0 Å². The number of ketones is 1. The first kappa shape index (κ1) is 14.0. The van der Waals surface area contributed by atoms with Crippen LogP contribution in [0.2, 0.25) is 0 Å². The molecule has 0 N–H and O–H groups in total. The largest absolute Gasteiger partial charge is 0.324 e. The minimum Gasteiger partial charge on any atom is -0.289 e. The molecule has 0 aliphatic rings. The van der Waals surface area contributed by atoms with E-state index in [0.29, 0.717) is 5.56 Å². The Morgan fingerprint density at radius 3 is 2.20 bits per heavy atom. The smallest absolute Gasteiger partial charge is 0.289 e. The topological polar surface area (TPSA) is 103 Å². The second-order valence-corrected chi connectivity index (χ2v) is 5.38. The summed E-state index contributed by atoms with van der Waals surface area (Å²) in [6.07, 6.45) is 2.67. The quantitative estimate of drug-likeness (QED) is 0.364. The van der Waals surface area contributed by atoms with Crippen molar-refractivity contribution in [3.63, 3.8) is 0 Å². The lowest BCUT2D eigenvalue weighted by molar-refractivity contribution is -0.380. The third-order valence-electron chi connectivity index (χ3n) is 2.26. The van der Waals surface area contributed by atoms with E-state index in [-0.39, 0.29) is 21.3 Å². The molecule has 0 fully saturated rings. The lowest BCUT2D eigenvalue weighted by atomic mass is 10.2. The molecule has 0 radical (unpaired) electrons. The van der Waals surface area contributed by atoms with Crippen LogP contribution in [-0.2, 0) is 0 Å². The van der Waals surface area contributed by atoms with Gasteiger partial charge in [0.05, 0.1) is 9.85 Å². The van der Waals surface area contributed by atoms with Crippen LogP contribution >= 0.6 is 22.7 Å². The second-order valence-electron chi connectivity index (χ2n) is 3.60. The Kier molecular flexibility index (Phi) is 4.01. The van der Waals surface area contributed by atoms with Crippen molar-refractivity contribution in [1.29, 1.82) is 0 Å². The predicted molar refractivity (Wildman–Crippen MR) is 75.3 cm³/mol. The highest BCUT2D eigenvalue weighted by Crippen LogP contribution is 2.25. The van der Waals surface area contributed by atoms with Crippen LogP contribution in [0.5, 0.6) is 0 Å². The Hall–Kier alpha value is -2.39. The average Bonchev–Trinajstić information content (AvgIpc) is 3.05. The van der Waals surface area contributed by atoms with E-state index in [9.17, 15) is 25.0 Å². The number of nitrogens with zero attached hydrogens (tertiary/aromatic N) is 2. The molecule has 9 heteroatoms. The van der Waals surface area contributed by atoms with Gasteiger partial charge in [-0.15, -0.1) is 0 Å². The van der Waals surface area contributed by atoms with Crippen molar-refractivity contribution < 1.29 is 14.6 Å². The monoisotopic (exact) mass is 310 g/mol. The number of nitro groups is 2. The molecule has 20 heavy (non-hydrogen) atoms. The fourth-order valence-electron chi connectivity index (χ4n) is 1.34. The van der Waals surface area contributed by atoms with Crippen molar-refractivity contribution in [2.75, 3.05) is 0 Å². The maximum absolute atomic E-state index is 11.8. The van der Waals surface area contributed by atoms with Gasteiger partial charge in [0.2, 0.25) is 0 Å². The van der Waals surface area contributed by atoms with Crippen LogP contribution in [0, 0.1) is 20.2 Å². The highest BCUT2D eigenvalue weighted by atomic mass is 32.1. The molecule has 0 atom stereocenters. The van der Waals surface area contributed by atoms with E-state index < -0.39 is 9.85 Å². The van der Waals surface area contributed by atoms with E-state index in [1.165, 1.54) is 29.7 Å². The third kappa shape index (κ3) is 3.13. The molecule has 0 saturated carbocycles. The summed E-state index contributed by atoms with van der Waals surface area (Å²) in [4.78, 5) is 31.7. The lowest BCUT2D eigenvalue weighted by Gasteiger charge is -1.87. The molecule has 102 valence electrons. The molecule has 2 rings (SSSR count). The number of carbonyl (C=O) groups is 1. The van der Waals surface area contributed by atoms with E-state index in [4.69, 9.17) is 0 Å². The highest BCUT2D eigenvalue weighted by Gasteiger charge is 2.13. The highest BCUT2D eigenvalue weighted by molar-refractivity contribution is 7.13. The van der Waals surface area contributed by atoms with Gasteiger partial charge in [0, 0.05) is 28.5 Å². The first-order valence-electron chi connectivity index (χ1n) is 5.15. The van der Waals surface area contributed by atoms with Crippen LogP contribution in [-0.4, -0.2) is 15.6 Å². The number of hydrogen-bond acceptors (Lipinski definition) is 7. The zero-order chi connectivity index (χ0) is 14.7. The lowest BCUT2D eigenvalue weighted by Crippen LogP contribution is -1.91. The molecule has 0 amide bonds. The van der Waals surface area contributed by atoms with Gasteiger partial charge in [-0.1, -0.05) is 22.7 Å². The normalized spacial score (nSPS) is 10.8. The summed E-state index contributed by atoms with van der Waals surface area (Å²) < 4.78 is 0. The molecular weight excluding hydrogens is 304 g/mol. The van der Waals surface area contributed by atoms with Crippen LogP contribution in [0.1, 0.15) is 15.9 Å². The van der Waals surface area contributed by atoms with Crippen LogP contribution < -0.4 is 0 Å². The van der Waals surface area contributed by atoms with Gasteiger partial charge in [0.15, 0.2) is 5.78 Å². The predicted octanol–water partition coefficient (Wildman–Crippen LogP) is 3.52. The van der Waals surface area contributed by atoms with Crippen molar-refractivity contribution in [2.45, 2.75) is 0 Å². The molecule has 2 aromatic heterocycles. The minimum absolute atomic E-state index is 0.0109. The molecule has 2 heterocycles. The maximum atomic E-state index is 11.8. The number of allylic oxidation sites excluding steroid dienone is 1. The molecule has 0 aromatic carbocycles. The molecule has 0 saturated heterocycles. The van der Waals surface area contributed by atoms with Gasteiger partial charge in [-0.2, -0.15) is 0 Å². The van der Waals surface area contributed by atoms with Crippen LogP contribution in [0.15, 0.2) is 29.0 Å². The van der Waals surface area contributed by atoms with Crippen LogP contribution in [0.3, 0.4) is 0 Å². The Bertz CT molecular complexity index is 716. The first-order valence-corrected chi connectivity index (χ1v) is 6.91. The number of thiophene rings is 2. The summed E-state index contributed by atoms with van der Waals surface area (Å²) >= 11 is 1.84. The molecule has 2 aromatic rings. The molecule has 0 aliphatic carbocycles. The van der Waals surface area contributed by atoms with Crippen molar-refractivity contribution in [1.82, 2.24) is 0 Å². The van der Waals surface area contributed by atoms with E-state index in [2.05, 4.69) is 0 Å². The van der Waals surface area contributed by atoms with E-state index in [0.717, 1.165) is 22.7 Å². The van der Waals surface area contributed by atoms with Crippen LogP contribution in [0.25, 0.3) is 6.08 Å². The van der Waals surface area contributed by atoms with E-state index >= 15 is 0 Å². The summed E-state index contributed by atoms with van der Waals surface area (Å²) in [7, 11) is 0. The van der Waals surface area contributed by atoms with E-state index in [1.807, 2.05) is 0 Å². The van der Waals surface area contributed by atoms with Gasteiger partial charge in [-0.3, -0.25) is 25.0 Å². The Morgan fingerprint density at radius 1 is 1.05 bits per heavy atom. The molecule has 0 spiro atoms. The Balaban J connectivity index is 2.11. The van der Waals surface area contributed by atoms with Gasteiger partial charge in [0.1, 0.15) is 0 Å². The molecule has 0 bridgehead atoms. The Morgan fingerprint density at radius 2 is 1.65 bits per heavy atom. The van der Waals surface area contributed by atoms with Gasteiger partial charge in [-0.05, 0) is 17.7 Å². The molecule has 0 unspecified atom stereocenters. The molecule has 0 aliphatic heterocycles. The van der Waals surface area contributed by atoms with Crippen molar-refractivity contribution in [3.8, 4) is 0 Å². The Labute approximate surface area is 120 Å². The summed E-state index contributed by atoms with van der Waals surface area (Å²) in [5.41, 5.74) is 0.766. The average molecular weight is 310 g/mol. The van der Waals surface area contributed by atoms with E-state index in [1.54, 1.807) is 5.38 Å². The molecular formula is C11H6N2O5S2. The summed E-state index contributed by atoms with van der Waals surface area (Å²) in [6, 6.07) is 2.55. The van der Waals surface area contributed by atoms with Crippen LogP contribution in [0.4, 0.5) is 10.0 Å². The third-order valence-corrected chi connectivity index (χ3v) is 4.04. The zero-order valence-electron chi connectivity index (χ0n) is 9.72. The van der Waals surface area contributed by atoms with Gasteiger partial charge in [-0.25, -0.2) is 0 Å². The molecule has 7 nitrogen and oxygen atoms in total. The SMILES string of the molecule is O=C(/C=C/c1csc([N+](=O)[O-])c1)c1csc([N+](=O)[O-])c1. The summed E-state index contributed by atoms with van der Waals surface area (Å²) in [6.45, 7) is 0. The fourth-order valence-corrected chi connectivity index (χ4v) is 2.75. The standard InChI is InChI=1S/C11H6N2O5S2/c14-9(8-4-11(13(17)18)20-6-8)2-1-7-3-10(12(15)16)19-5-7/h1-6H/b2-1+. The maximum Gasteiger partial charge on any atom is 0.324 e. The minimum atomic E-state index is -0.562. The number of rotatable bonds is 5.